The topological polar surface area (TPSA) is 68.7 Å². The number of aromatic nitrogens is 1. The molecule has 1 aliphatic heterocycles. The molecule has 2 aliphatic rings. The van der Waals surface area contributed by atoms with Crippen LogP contribution in [0.2, 0.25) is 0 Å². The van der Waals surface area contributed by atoms with Crippen molar-refractivity contribution in [3.8, 4) is 5.75 Å². The monoisotopic (exact) mass is 284 g/mol. The quantitative estimate of drug-likeness (QED) is 0.809. The van der Waals surface area contributed by atoms with E-state index in [0.29, 0.717) is 24.8 Å². The number of pyridine rings is 1. The lowest BCUT2D eigenvalue weighted by molar-refractivity contribution is -0.130. The van der Waals surface area contributed by atoms with Gasteiger partial charge in [-0.05, 0) is 30.9 Å². The van der Waals surface area contributed by atoms with Crippen LogP contribution in [0.1, 0.15) is 19.8 Å². The average molecular weight is 284 g/mol. The lowest BCUT2D eigenvalue weighted by Gasteiger charge is -2.34. The summed E-state index contributed by atoms with van der Waals surface area (Å²) in [5.74, 6) is 1.07. The molecule has 0 aromatic carbocycles. The Morgan fingerprint density at radius 2 is 2.05 bits per heavy atom. The van der Waals surface area contributed by atoms with Crippen LogP contribution < -0.4 is 4.74 Å². The van der Waals surface area contributed by atoms with Gasteiger partial charge >= 0.3 is 10.1 Å². The van der Waals surface area contributed by atoms with Crippen LogP contribution >= 0.6 is 0 Å². The van der Waals surface area contributed by atoms with Gasteiger partial charge in [0.2, 0.25) is 0 Å². The maximum Gasteiger partial charge on any atom is 0.330 e. The van der Waals surface area contributed by atoms with Crippen molar-refractivity contribution in [3.63, 3.8) is 0 Å². The smallest absolute Gasteiger partial charge is 0.330 e. The number of ether oxygens (including phenoxy) is 1. The van der Waals surface area contributed by atoms with Crippen LogP contribution in [-0.2, 0) is 14.4 Å². The largest absolute Gasteiger partial charge is 0.489 e. The normalized spacial score (nSPS) is 21.1. The van der Waals surface area contributed by atoms with Crippen LogP contribution in [0.25, 0.3) is 0 Å². The Labute approximate surface area is 112 Å². The molecular formula is C12H16N2O4S. The Hall–Kier alpha value is -1.18. The highest BCUT2D eigenvalue weighted by molar-refractivity contribution is 7.86. The third-order valence-corrected chi connectivity index (χ3v) is 4.19. The third kappa shape index (κ3) is 3.05. The summed E-state index contributed by atoms with van der Waals surface area (Å²) in [5.41, 5.74) is 0. The molecule has 1 saturated heterocycles. The summed E-state index contributed by atoms with van der Waals surface area (Å²) in [6, 6.07) is 3.02. The zero-order valence-corrected chi connectivity index (χ0v) is 11.5. The van der Waals surface area contributed by atoms with Crippen LogP contribution in [-0.4, -0.2) is 37.7 Å². The molecule has 0 radical (unpaired) electrons. The molecular weight excluding hydrogens is 268 g/mol. The molecule has 2 heterocycles. The second kappa shape index (κ2) is 4.73. The van der Waals surface area contributed by atoms with Gasteiger partial charge in [-0.1, -0.05) is 6.92 Å². The van der Waals surface area contributed by atoms with E-state index < -0.39 is 10.1 Å². The summed E-state index contributed by atoms with van der Waals surface area (Å²) in [5, 5.41) is 1.34. The SMILES string of the molecule is CC1CN(OS(=O)(=O)c2ccc(OC3CC3)cn2)C1. The maximum absolute atomic E-state index is 11.9. The number of hydrogen-bond acceptors (Lipinski definition) is 6. The van der Waals surface area contributed by atoms with Crippen LogP contribution in [0.15, 0.2) is 23.4 Å². The highest BCUT2D eigenvalue weighted by Gasteiger charge is 2.30. The van der Waals surface area contributed by atoms with Crippen molar-refractivity contribution < 1.29 is 17.4 Å². The zero-order chi connectivity index (χ0) is 13.5. The van der Waals surface area contributed by atoms with E-state index in [1.54, 1.807) is 6.07 Å². The van der Waals surface area contributed by atoms with Gasteiger partial charge in [-0.15, -0.1) is 0 Å². The van der Waals surface area contributed by atoms with Crippen molar-refractivity contribution in [2.75, 3.05) is 13.1 Å². The molecule has 0 unspecified atom stereocenters. The molecule has 1 aromatic rings. The average Bonchev–Trinajstić information content (AvgIpc) is 3.11. The van der Waals surface area contributed by atoms with Gasteiger partial charge in [-0.3, -0.25) is 0 Å². The molecule has 0 atom stereocenters. The molecule has 3 rings (SSSR count). The molecule has 104 valence electrons. The Morgan fingerprint density at radius 3 is 2.58 bits per heavy atom. The highest BCUT2D eigenvalue weighted by Crippen LogP contribution is 2.27. The molecule has 19 heavy (non-hydrogen) atoms. The van der Waals surface area contributed by atoms with Crippen LogP contribution in [0, 0.1) is 5.92 Å². The van der Waals surface area contributed by atoms with E-state index in [0.717, 1.165) is 12.8 Å². The van der Waals surface area contributed by atoms with E-state index in [1.807, 2.05) is 6.92 Å². The van der Waals surface area contributed by atoms with E-state index in [9.17, 15) is 8.42 Å². The first-order valence-electron chi connectivity index (χ1n) is 6.35. The van der Waals surface area contributed by atoms with Crippen molar-refractivity contribution in [3.05, 3.63) is 18.3 Å². The number of hydrogen-bond donors (Lipinski definition) is 0. The molecule has 1 saturated carbocycles. The Bertz CT molecular complexity index is 548. The van der Waals surface area contributed by atoms with E-state index in [4.69, 9.17) is 9.02 Å². The number of hydroxylamine groups is 2. The maximum atomic E-state index is 11.9. The van der Waals surface area contributed by atoms with Gasteiger partial charge < -0.3 is 4.74 Å². The fraction of sp³-hybridized carbons (Fsp3) is 0.583. The zero-order valence-electron chi connectivity index (χ0n) is 10.7. The first-order chi connectivity index (χ1) is 9.03. The Kier molecular flexibility index (Phi) is 3.20. The first-order valence-corrected chi connectivity index (χ1v) is 7.76. The Balaban J connectivity index is 1.66. The predicted octanol–water partition coefficient (Wildman–Crippen LogP) is 1.19. The fourth-order valence-corrected chi connectivity index (χ4v) is 2.73. The lowest BCUT2D eigenvalue weighted by Crippen LogP contribution is -2.45. The van der Waals surface area contributed by atoms with Crippen molar-refractivity contribution in [1.82, 2.24) is 10.0 Å². The standard InChI is InChI=1S/C12H16N2O4S/c1-9-7-14(8-9)18-19(15,16)12-5-4-11(6-13-12)17-10-2-3-10/h4-6,9-10H,2-3,7-8H2,1H3. The van der Waals surface area contributed by atoms with E-state index in [2.05, 4.69) is 4.98 Å². The van der Waals surface area contributed by atoms with Gasteiger partial charge in [-0.2, -0.15) is 17.8 Å². The highest BCUT2D eigenvalue weighted by atomic mass is 32.2. The Morgan fingerprint density at radius 1 is 1.32 bits per heavy atom. The number of nitrogens with zero attached hydrogens (tertiary/aromatic N) is 2. The second-order valence-corrected chi connectivity index (χ2v) is 6.61. The third-order valence-electron chi connectivity index (χ3n) is 3.03. The molecule has 6 nitrogen and oxygen atoms in total. The molecule has 7 heteroatoms. The summed E-state index contributed by atoms with van der Waals surface area (Å²) in [7, 11) is -3.81. The van der Waals surface area contributed by atoms with Gasteiger partial charge in [0, 0.05) is 13.1 Å². The van der Waals surface area contributed by atoms with E-state index in [1.165, 1.54) is 17.3 Å². The van der Waals surface area contributed by atoms with Gasteiger partial charge in [0.05, 0.1) is 12.3 Å². The van der Waals surface area contributed by atoms with Gasteiger partial charge in [0.15, 0.2) is 5.03 Å². The van der Waals surface area contributed by atoms with Crippen LogP contribution in [0.3, 0.4) is 0 Å². The molecule has 0 N–H and O–H groups in total. The fourth-order valence-electron chi connectivity index (χ4n) is 1.84. The lowest BCUT2D eigenvalue weighted by atomic mass is 10.1. The summed E-state index contributed by atoms with van der Waals surface area (Å²) < 4.78 is 34.3. The molecule has 0 bridgehead atoms. The summed E-state index contributed by atoms with van der Waals surface area (Å²) in [6.45, 7) is 3.29. The second-order valence-electron chi connectivity index (χ2n) is 5.13. The molecule has 0 spiro atoms. The summed E-state index contributed by atoms with van der Waals surface area (Å²) in [6.07, 6.45) is 3.79. The van der Waals surface area contributed by atoms with E-state index >= 15 is 0 Å². The molecule has 0 amide bonds. The minimum absolute atomic E-state index is 0.0878. The van der Waals surface area contributed by atoms with Crippen LogP contribution in [0.5, 0.6) is 5.75 Å². The van der Waals surface area contributed by atoms with Gasteiger partial charge in [-0.25, -0.2) is 4.98 Å². The predicted molar refractivity (Wildman–Crippen MR) is 66.9 cm³/mol. The molecule has 1 aromatic heterocycles. The van der Waals surface area contributed by atoms with Gasteiger partial charge in [0.1, 0.15) is 5.75 Å². The molecule has 2 fully saturated rings. The minimum Gasteiger partial charge on any atom is -0.489 e. The summed E-state index contributed by atoms with van der Waals surface area (Å²) >= 11 is 0. The van der Waals surface area contributed by atoms with Crippen LogP contribution in [0.4, 0.5) is 0 Å². The number of rotatable bonds is 5. The van der Waals surface area contributed by atoms with Crippen molar-refractivity contribution >= 4 is 10.1 Å². The molecule has 1 aliphatic carbocycles. The van der Waals surface area contributed by atoms with Crippen molar-refractivity contribution in [2.24, 2.45) is 5.92 Å². The van der Waals surface area contributed by atoms with Crippen molar-refractivity contribution in [1.29, 1.82) is 0 Å². The van der Waals surface area contributed by atoms with Crippen molar-refractivity contribution in [2.45, 2.75) is 30.9 Å². The minimum atomic E-state index is -3.81. The van der Waals surface area contributed by atoms with Gasteiger partial charge in [0.25, 0.3) is 0 Å². The first kappa shape index (κ1) is 12.8. The van der Waals surface area contributed by atoms with E-state index in [-0.39, 0.29) is 11.1 Å². The summed E-state index contributed by atoms with van der Waals surface area (Å²) in [4.78, 5) is 3.90.